The molecule has 1 fully saturated rings. The van der Waals surface area contributed by atoms with Gasteiger partial charge in [-0.2, -0.15) is 0 Å². The number of nitrogens with two attached hydrogens (primary N) is 1. The average molecular weight is 412 g/mol. The summed E-state index contributed by atoms with van der Waals surface area (Å²) in [6.45, 7) is 2.27. The number of carbonyl (C=O) groups excluding carboxylic acids is 2. The largest absolute Gasteiger partial charge is 0.369 e. The number of nitrogens with zero attached hydrogens (tertiary/aromatic N) is 3. The number of amides is 2. The molecule has 2 aromatic carbocycles. The molecule has 8 heteroatoms. The van der Waals surface area contributed by atoms with Gasteiger partial charge >= 0.3 is 0 Å². The Kier molecular flexibility index (Phi) is 4.80. The van der Waals surface area contributed by atoms with E-state index in [0.717, 1.165) is 24.2 Å². The maximum absolute atomic E-state index is 14.7. The van der Waals surface area contributed by atoms with Gasteiger partial charge < -0.3 is 10.6 Å². The van der Waals surface area contributed by atoms with Crippen molar-refractivity contribution >= 4 is 23.5 Å². The number of guanidine groups is 1. The topological polar surface area (TPSA) is 79.0 Å². The Morgan fingerprint density at radius 1 is 1.13 bits per heavy atom. The number of halogens is 2. The predicted octanol–water partition coefficient (Wildman–Crippen LogP) is 2.88. The Labute approximate surface area is 173 Å². The molecular formula is C22H22F2N4O2. The Balaban J connectivity index is 1.81. The van der Waals surface area contributed by atoms with Crippen LogP contribution < -0.4 is 10.6 Å². The summed E-state index contributed by atoms with van der Waals surface area (Å²) in [6.07, 6.45) is 1.33. The van der Waals surface area contributed by atoms with Gasteiger partial charge in [0.05, 0.1) is 5.92 Å². The van der Waals surface area contributed by atoms with E-state index in [9.17, 15) is 18.4 Å². The van der Waals surface area contributed by atoms with Gasteiger partial charge in [-0.05, 0) is 37.1 Å². The molecular weight excluding hydrogens is 390 g/mol. The Bertz CT molecular complexity index is 1050. The summed E-state index contributed by atoms with van der Waals surface area (Å²) < 4.78 is 28.2. The number of likely N-dealkylation sites (N-methyl/N-ethyl adjacent to an activating group) is 1. The molecule has 2 aliphatic rings. The van der Waals surface area contributed by atoms with E-state index in [1.165, 1.54) is 18.0 Å². The predicted molar refractivity (Wildman–Crippen MR) is 109 cm³/mol. The van der Waals surface area contributed by atoms with E-state index in [4.69, 9.17) is 5.73 Å². The third-order valence-electron chi connectivity index (χ3n) is 5.92. The minimum Gasteiger partial charge on any atom is -0.369 e. The van der Waals surface area contributed by atoms with Crippen molar-refractivity contribution in [1.82, 2.24) is 4.90 Å². The van der Waals surface area contributed by atoms with Crippen LogP contribution in [0.1, 0.15) is 36.8 Å². The highest BCUT2D eigenvalue weighted by molar-refractivity contribution is 6.02. The second-order valence-corrected chi connectivity index (χ2v) is 7.81. The zero-order valence-corrected chi connectivity index (χ0v) is 16.7. The Morgan fingerprint density at radius 3 is 2.43 bits per heavy atom. The SMILES string of the molecule is CN1C(=O)[C@H](c2ccc(N3CCCC3=O)cc2)[C@@](C)(c2ccc(F)cc2F)N=C1N. The maximum atomic E-state index is 14.7. The van der Waals surface area contributed by atoms with Crippen LogP contribution in [0.2, 0.25) is 0 Å². The zero-order valence-electron chi connectivity index (χ0n) is 16.7. The van der Waals surface area contributed by atoms with Crippen LogP contribution in [0.25, 0.3) is 0 Å². The van der Waals surface area contributed by atoms with Crippen LogP contribution in [-0.2, 0) is 15.1 Å². The van der Waals surface area contributed by atoms with E-state index in [2.05, 4.69) is 4.99 Å². The molecule has 2 aliphatic heterocycles. The summed E-state index contributed by atoms with van der Waals surface area (Å²) in [4.78, 5) is 32.6. The summed E-state index contributed by atoms with van der Waals surface area (Å²) >= 11 is 0. The molecule has 2 aromatic rings. The van der Waals surface area contributed by atoms with Gasteiger partial charge in [0.2, 0.25) is 11.8 Å². The summed E-state index contributed by atoms with van der Waals surface area (Å²) in [5.41, 5.74) is 6.00. The molecule has 156 valence electrons. The molecule has 0 aliphatic carbocycles. The molecule has 30 heavy (non-hydrogen) atoms. The minimum absolute atomic E-state index is 0.0400. The van der Waals surface area contributed by atoms with Crippen molar-refractivity contribution in [2.75, 3.05) is 18.5 Å². The van der Waals surface area contributed by atoms with Gasteiger partial charge in [-0.1, -0.05) is 18.2 Å². The lowest BCUT2D eigenvalue weighted by Gasteiger charge is -2.41. The fourth-order valence-electron chi connectivity index (χ4n) is 4.28. The van der Waals surface area contributed by atoms with Gasteiger partial charge in [0, 0.05) is 37.3 Å². The Morgan fingerprint density at radius 2 is 1.83 bits per heavy atom. The minimum atomic E-state index is -1.36. The highest BCUT2D eigenvalue weighted by Crippen LogP contribution is 2.45. The molecule has 1 saturated heterocycles. The second-order valence-electron chi connectivity index (χ2n) is 7.81. The zero-order chi connectivity index (χ0) is 21.6. The van der Waals surface area contributed by atoms with E-state index in [0.29, 0.717) is 18.5 Å². The number of anilines is 1. The number of hydrogen-bond acceptors (Lipinski definition) is 4. The van der Waals surface area contributed by atoms with E-state index < -0.39 is 23.1 Å². The van der Waals surface area contributed by atoms with Crippen molar-refractivity contribution in [2.24, 2.45) is 10.7 Å². The molecule has 0 aromatic heterocycles. The number of carbonyl (C=O) groups is 2. The van der Waals surface area contributed by atoms with Crippen LogP contribution in [0, 0.1) is 11.6 Å². The summed E-state index contributed by atoms with van der Waals surface area (Å²) in [5.74, 6) is -2.71. The summed E-state index contributed by atoms with van der Waals surface area (Å²) in [6, 6.07) is 10.2. The van der Waals surface area contributed by atoms with Gasteiger partial charge in [-0.15, -0.1) is 0 Å². The number of aliphatic imine (C=N–C) groups is 1. The van der Waals surface area contributed by atoms with Crippen molar-refractivity contribution in [3.8, 4) is 0 Å². The first kappa shape index (κ1) is 20.0. The van der Waals surface area contributed by atoms with Crippen LogP contribution >= 0.6 is 0 Å². The van der Waals surface area contributed by atoms with Crippen LogP contribution in [0.15, 0.2) is 47.5 Å². The van der Waals surface area contributed by atoms with Crippen molar-refractivity contribution in [1.29, 1.82) is 0 Å². The van der Waals surface area contributed by atoms with Gasteiger partial charge in [0.1, 0.15) is 17.2 Å². The van der Waals surface area contributed by atoms with Crippen LogP contribution in [0.5, 0.6) is 0 Å². The average Bonchev–Trinajstić information content (AvgIpc) is 3.12. The molecule has 2 heterocycles. The first-order chi connectivity index (χ1) is 14.2. The van der Waals surface area contributed by atoms with Crippen molar-refractivity contribution in [3.63, 3.8) is 0 Å². The Hall–Kier alpha value is -3.29. The van der Waals surface area contributed by atoms with E-state index >= 15 is 0 Å². The van der Waals surface area contributed by atoms with Gasteiger partial charge in [-0.25, -0.2) is 13.8 Å². The van der Waals surface area contributed by atoms with E-state index in [1.807, 2.05) is 0 Å². The van der Waals surface area contributed by atoms with Crippen LogP contribution in [0.3, 0.4) is 0 Å². The van der Waals surface area contributed by atoms with Gasteiger partial charge in [0.25, 0.3) is 0 Å². The normalized spacial score (nSPS) is 24.4. The highest BCUT2D eigenvalue weighted by atomic mass is 19.1. The fourth-order valence-corrected chi connectivity index (χ4v) is 4.28. The molecule has 2 atom stereocenters. The molecule has 2 N–H and O–H groups in total. The maximum Gasteiger partial charge on any atom is 0.239 e. The monoisotopic (exact) mass is 412 g/mol. The van der Waals surface area contributed by atoms with Crippen LogP contribution in [0.4, 0.5) is 14.5 Å². The molecule has 0 saturated carbocycles. The lowest BCUT2D eigenvalue weighted by atomic mass is 9.74. The first-order valence-electron chi connectivity index (χ1n) is 9.71. The number of hydrogen-bond donors (Lipinski definition) is 1. The molecule has 0 radical (unpaired) electrons. The fraction of sp³-hybridized carbons (Fsp3) is 0.318. The lowest BCUT2D eigenvalue weighted by molar-refractivity contribution is -0.130. The molecule has 0 unspecified atom stereocenters. The standard InChI is InChI=1S/C22H22F2N4O2/c1-22(16-10-7-14(23)12-17(16)24)19(20(30)27(2)21(25)26-22)13-5-8-15(9-6-13)28-11-3-4-18(28)29/h5-10,12,19H,3-4,11H2,1-2H3,(H2,25,26)/t19-,22+/m0/s1. The van der Waals surface area contributed by atoms with Gasteiger partial charge in [0.15, 0.2) is 5.96 Å². The second kappa shape index (κ2) is 7.19. The van der Waals surface area contributed by atoms with Crippen molar-refractivity contribution < 1.29 is 18.4 Å². The van der Waals surface area contributed by atoms with E-state index in [-0.39, 0.29) is 23.3 Å². The van der Waals surface area contributed by atoms with Crippen molar-refractivity contribution in [2.45, 2.75) is 31.2 Å². The quantitative estimate of drug-likeness (QED) is 0.842. The molecule has 4 rings (SSSR count). The number of rotatable bonds is 3. The van der Waals surface area contributed by atoms with Gasteiger partial charge in [-0.3, -0.25) is 14.5 Å². The number of benzene rings is 2. The lowest BCUT2D eigenvalue weighted by Crippen LogP contribution is -2.52. The van der Waals surface area contributed by atoms with E-state index in [1.54, 1.807) is 36.1 Å². The highest BCUT2D eigenvalue weighted by Gasteiger charge is 2.48. The third kappa shape index (κ3) is 3.12. The molecule has 0 bridgehead atoms. The summed E-state index contributed by atoms with van der Waals surface area (Å²) in [7, 11) is 1.51. The molecule has 6 nitrogen and oxygen atoms in total. The van der Waals surface area contributed by atoms with Crippen molar-refractivity contribution in [3.05, 3.63) is 65.2 Å². The molecule has 0 spiro atoms. The van der Waals surface area contributed by atoms with Crippen LogP contribution in [-0.4, -0.2) is 36.3 Å². The summed E-state index contributed by atoms with van der Waals surface area (Å²) in [5, 5.41) is 0. The molecule has 2 amide bonds. The first-order valence-corrected chi connectivity index (χ1v) is 9.71. The third-order valence-corrected chi connectivity index (χ3v) is 5.92. The smallest absolute Gasteiger partial charge is 0.239 e.